The van der Waals surface area contributed by atoms with Crippen LogP contribution in [-0.4, -0.2) is 31.0 Å². The fraction of sp³-hybridized carbons (Fsp3) is 0.355. The minimum absolute atomic E-state index is 0.117. The topological polar surface area (TPSA) is 36.9 Å². The van der Waals surface area contributed by atoms with Gasteiger partial charge >= 0.3 is 0 Å². The molecule has 3 aromatic rings. The van der Waals surface area contributed by atoms with Gasteiger partial charge in [-0.3, -0.25) is 0 Å². The molecule has 0 saturated carbocycles. The van der Waals surface area contributed by atoms with E-state index < -0.39 is 0 Å². The lowest BCUT2D eigenvalue weighted by Crippen LogP contribution is -2.48. The van der Waals surface area contributed by atoms with Gasteiger partial charge in [-0.25, -0.2) is 0 Å². The summed E-state index contributed by atoms with van der Waals surface area (Å²) in [6.07, 6.45) is -1.18. The monoisotopic (exact) mass is 472 g/mol. The Bertz CT molecular complexity index is 1020. The van der Waals surface area contributed by atoms with Gasteiger partial charge in [0.2, 0.25) is 0 Å². The Kier molecular flexibility index (Phi) is 9.27. The van der Waals surface area contributed by atoms with Gasteiger partial charge in [0.1, 0.15) is 18.3 Å². The Morgan fingerprint density at radius 2 is 1.09 bits per heavy atom. The maximum Gasteiger partial charge on any atom is 0.117 e. The fourth-order valence-corrected chi connectivity index (χ4v) is 4.48. The molecule has 0 N–H and O–H groups in total. The van der Waals surface area contributed by atoms with Crippen molar-refractivity contribution in [3.05, 3.63) is 120 Å². The van der Waals surface area contributed by atoms with E-state index in [0.29, 0.717) is 26.4 Å². The van der Waals surface area contributed by atoms with Crippen LogP contribution >= 0.6 is 0 Å². The van der Waals surface area contributed by atoms with Gasteiger partial charge in [-0.2, -0.15) is 0 Å². The Balaban J connectivity index is 1.60. The first kappa shape index (κ1) is 25.3. The quantitative estimate of drug-likeness (QED) is 0.322. The van der Waals surface area contributed by atoms with Crippen LogP contribution in [0.1, 0.15) is 30.5 Å². The summed E-state index contributed by atoms with van der Waals surface area (Å²) >= 11 is 0. The van der Waals surface area contributed by atoms with Crippen LogP contribution in [0.15, 0.2) is 103 Å². The molecule has 5 unspecified atom stereocenters. The predicted molar refractivity (Wildman–Crippen MR) is 139 cm³/mol. The van der Waals surface area contributed by atoms with Crippen LogP contribution in [0.5, 0.6) is 0 Å². The number of ether oxygens (including phenoxy) is 4. The molecular weight excluding hydrogens is 436 g/mol. The third-order valence-electron chi connectivity index (χ3n) is 6.39. The van der Waals surface area contributed by atoms with Crippen LogP contribution in [0.25, 0.3) is 0 Å². The van der Waals surface area contributed by atoms with Crippen molar-refractivity contribution in [3.8, 4) is 0 Å². The highest BCUT2D eigenvalue weighted by Gasteiger charge is 2.44. The van der Waals surface area contributed by atoms with Crippen molar-refractivity contribution in [1.82, 2.24) is 0 Å². The highest BCUT2D eigenvalue weighted by Crippen LogP contribution is 2.31. The molecule has 1 heterocycles. The molecule has 0 bridgehead atoms. The Hall–Kier alpha value is -2.76. The van der Waals surface area contributed by atoms with Gasteiger partial charge in [0.15, 0.2) is 0 Å². The smallest absolute Gasteiger partial charge is 0.117 e. The van der Waals surface area contributed by atoms with Crippen LogP contribution in [-0.2, 0) is 38.8 Å². The van der Waals surface area contributed by atoms with E-state index in [1.54, 1.807) is 0 Å². The first-order valence-corrected chi connectivity index (χ1v) is 12.4. The molecule has 0 aromatic heterocycles. The third kappa shape index (κ3) is 7.12. The van der Waals surface area contributed by atoms with E-state index in [9.17, 15) is 0 Å². The molecule has 4 nitrogen and oxygen atoms in total. The van der Waals surface area contributed by atoms with Crippen molar-refractivity contribution >= 4 is 0 Å². The maximum atomic E-state index is 6.63. The van der Waals surface area contributed by atoms with Crippen molar-refractivity contribution in [2.24, 2.45) is 5.92 Å². The largest absolute Gasteiger partial charge is 0.371 e. The van der Waals surface area contributed by atoms with Gasteiger partial charge in [0.25, 0.3) is 0 Å². The van der Waals surface area contributed by atoms with Gasteiger partial charge in [-0.1, -0.05) is 104 Å². The Morgan fingerprint density at radius 3 is 1.51 bits per heavy atom. The Labute approximate surface area is 209 Å². The van der Waals surface area contributed by atoms with Crippen molar-refractivity contribution in [2.75, 3.05) is 6.61 Å². The first-order chi connectivity index (χ1) is 17.1. The fourth-order valence-electron chi connectivity index (χ4n) is 4.48. The van der Waals surface area contributed by atoms with Crippen LogP contribution in [0.2, 0.25) is 0 Å². The number of benzene rings is 3. The van der Waals surface area contributed by atoms with E-state index in [4.69, 9.17) is 18.9 Å². The molecule has 1 saturated heterocycles. The molecule has 35 heavy (non-hydrogen) atoms. The minimum Gasteiger partial charge on any atom is -0.371 e. The molecule has 1 fully saturated rings. The maximum absolute atomic E-state index is 6.63. The van der Waals surface area contributed by atoms with Crippen LogP contribution in [0.4, 0.5) is 0 Å². The summed E-state index contributed by atoms with van der Waals surface area (Å²) in [4.78, 5) is 0. The zero-order valence-corrected chi connectivity index (χ0v) is 20.7. The zero-order chi connectivity index (χ0) is 24.5. The van der Waals surface area contributed by atoms with Crippen molar-refractivity contribution in [1.29, 1.82) is 0 Å². The molecule has 0 amide bonds. The first-order valence-electron chi connectivity index (χ1n) is 12.4. The summed E-state index contributed by atoms with van der Waals surface area (Å²) in [6, 6.07) is 30.7. The highest BCUT2D eigenvalue weighted by atomic mass is 16.6. The molecule has 4 rings (SSSR count). The molecule has 184 valence electrons. The molecule has 3 aromatic carbocycles. The van der Waals surface area contributed by atoms with Crippen LogP contribution in [0, 0.1) is 5.92 Å². The Morgan fingerprint density at radius 1 is 0.686 bits per heavy atom. The van der Waals surface area contributed by atoms with Gasteiger partial charge in [-0.05, 0) is 29.2 Å². The van der Waals surface area contributed by atoms with Crippen molar-refractivity contribution in [3.63, 3.8) is 0 Å². The molecule has 0 aliphatic carbocycles. The van der Waals surface area contributed by atoms with E-state index in [2.05, 4.69) is 49.9 Å². The van der Waals surface area contributed by atoms with E-state index in [1.807, 2.05) is 61.5 Å². The highest BCUT2D eigenvalue weighted by molar-refractivity contribution is 5.16. The summed E-state index contributed by atoms with van der Waals surface area (Å²) < 4.78 is 26.1. The summed E-state index contributed by atoms with van der Waals surface area (Å²) in [5.41, 5.74) is 4.27. The van der Waals surface area contributed by atoms with Crippen molar-refractivity contribution in [2.45, 2.75) is 58.1 Å². The lowest BCUT2D eigenvalue weighted by atomic mass is 9.93. The number of rotatable bonds is 10. The third-order valence-corrected chi connectivity index (χ3v) is 6.39. The van der Waals surface area contributed by atoms with E-state index in [0.717, 1.165) is 22.3 Å². The summed E-state index contributed by atoms with van der Waals surface area (Å²) in [5.74, 6) is 0.117. The molecule has 0 spiro atoms. The second-order valence-corrected chi connectivity index (χ2v) is 9.36. The van der Waals surface area contributed by atoms with Gasteiger partial charge in [0, 0.05) is 5.92 Å². The molecule has 1 aliphatic heterocycles. The van der Waals surface area contributed by atoms with Crippen molar-refractivity contribution < 1.29 is 18.9 Å². The second kappa shape index (κ2) is 12.8. The van der Waals surface area contributed by atoms with Gasteiger partial charge in [0.05, 0.1) is 32.5 Å². The molecule has 4 heteroatoms. The van der Waals surface area contributed by atoms with Crippen LogP contribution in [0.3, 0.4) is 0 Å². The molecule has 0 radical (unpaired) electrons. The average molecular weight is 473 g/mol. The molecule has 5 atom stereocenters. The van der Waals surface area contributed by atoms with E-state index in [-0.39, 0.29) is 30.3 Å². The average Bonchev–Trinajstić information content (AvgIpc) is 3.02. The van der Waals surface area contributed by atoms with Gasteiger partial charge < -0.3 is 18.9 Å². The van der Waals surface area contributed by atoms with Crippen LogP contribution < -0.4 is 0 Å². The normalized spacial score (nSPS) is 24.6. The number of hydrogen-bond acceptors (Lipinski definition) is 4. The lowest BCUT2D eigenvalue weighted by molar-refractivity contribution is -0.167. The standard InChI is InChI=1S/C31H36O4/c1-23(2)28-30(34-21-26-15-9-5-10-16-26)31(35-22-27-17-11-6-12-18-27)29(24(3)19-32-28)33-20-25-13-7-4-8-14-25/h4-18,24,28-31H,1,19-22H2,2-3H3. The predicted octanol–water partition coefficient (Wildman–Crippen LogP) is 6.35. The summed E-state index contributed by atoms with van der Waals surface area (Å²) in [6.45, 7) is 10.4. The molecular formula is C31H36O4. The summed E-state index contributed by atoms with van der Waals surface area (Å²) in [7, 11) is 0. The minimum atomic E-state index is -0.359. The van der Waals surface area contributed by atoms with E-state index in [1.165, 1.54) is 0 Å². The zero-order valence-electron chi connectivity index (χ0n) is 20.7. The van der Waals surface area contributed by atoms with Gasteiger partial charge in [-0.15, -0.1) is 0 Å². The SMILES string of the molecule is C=C(C)C1OCC(C)C(OCc2ccccc2)C(OCc2ccccc2)C1OCc1ccccc1. The van der Waals surface area contributed by atoms with E-state index >= 15 is 0 Å². The molecule has 1 aliphatic rings. The second-order valence-electron chi connectivity index (χ2n) is 9.36. The summed E-state index contributed by atoms with van der Waals surface area (Å²) in [5, 5.41) is 0. The number of hydrogen-bond donors (Lipinski definition) is 0. The lowest BCUT2D eigenvalue weighted by Gasteiger charge is -2.36.